The van der Waals surface area contributed by atoms with E-state index in [1.807, 2.05) is 6.92 Å². The van der Waals surface area contributed by atoms with Gasteiger partial charge in [0.15, 0.2) is 0 Å². The Kier molecular flexibility index (Phi) is 3.19. The Morgan fingerprint density at radius 2 is 2.38 bits per heavy atom. The topological polar surface area (TPSA) is 40.1 Å². The van der Waals surface area contributed by atoms with Crippen molar-refractivity contribution in [3.8, 4) is 0 Å². The van der Waals surface area contributed by atoms with Crippen molar-refractivity contribution in [1.82, 2.24) is 0 Å². The molecule has 2 radical (unpaired) electrons. The van der Waals surface area contributed by atoms with Crippen LogP contribution in [0.15, 0.2) is 11.8 Å². The Bertz CT molecular complexity index is 109. The van der Waals surface area contributed by atoms with E-state index in [2.05, 4.69) is 6.58 Å². The van der Waals surface area contributed by atoms with Gasteiger partial charge >= 0.3 is 0 Å². The first kappa shape index (κ1) is 7.43. The number of rotatable bonds is 3. The summed E-state index contributed by atoms with van der Waals surface area (Å²) in [4.78, 5) is 9.89. The van der Waals surface area contributed by atoms with Crippen LogP contribution in [0.4, 0.5) is 0 Å². The molecule has 0 atom stereocenters. The zero-order valence-electron chi connectivity index (χ0n) is 4.73. The van der Waals surface area contributed by atoms with Gasteiger partial charge in [-0.1, -0.05) is 19.5 Å². The van der Waals surface area contributed by atoms with Crippen LogP contribution >= 0.6 is 0 Å². The summed E-state index contributed by atoms with van der Waals surface area (Å²) >= 11 is 0. The summed E-state index contributed by atoms with van der Waals surface area (Å²) in [5.74, 6) is -1.12. The molecule has 0 aliphatic carbocycles. The summed E-state index contributed by atoms with van der Waals surface area (Å²) in [5, 5.41) is 10.1. The van der Waals surface area contributed by atoms with Crippen molar-refractivity contribution >= 4 is 15.5 Å². The second-order valence-electron chi connectivity index (χ2n) is 1.30. The van der Waals surface area contributed by atoms with Crippen molar-refractivity contribution in [3.05, 3.63) is 11.8 Å². The molecule has 0 aromatic heterocycles. The molecule has 0 N–H and O–H groups in total. The Morgan fingerprint density at radius 1 is 1.88 bits per heavy atom. The smallest absolute Gasteiger partial charge is 0.0821 e. The summed E-state index contributed by atoms with van der Waals surface area (Å²) in [7, 11) is 0.312. The molecule has 0 aromatic rings. The Hall–Kier alpha value is -0.573. The molecule has 8 heavy (non-hydrogen) atoms. The van der Waals surface area contributed by atoms with E-state index < -0.39 is 5.97 Å². The first-order valence-corrected chi connectivity index (χ1v) is 3.53. The SMILES string of the molecule is C=C([Si]CC)C(=O)[O-]. The van der Waals surface area contributed by atoms with Crippen molar-refractivity contribution in [3.63, 3.8) is 0 Å². The van der Waals surface area contributed by atoms with Gasteiger partial charge in [-0.2, -0.15) is 0 Å². The fraction of sp³-hybridized carbons (Fsp3) is 0.400. The monoisotopic (exact) mass is 127 g/mol. The summed E-state index contributed by atoms with van der Waals surface area (Å²) in [6.07, 6.45) is 0. The number of hydrogen-bond acceptors (Lipinski definition) is 2. The van der Waals surface area contributed by atoms with E-state index in [0.717, 1.165) is 6.04 Å². The van der Waals surface area contributed by atoms with Gasteiger partial charge in [-0.05, 0) is 5.20 Å². The van der Waals surface area contributed by atoms with Gasteiger partial charge in [-0.25, -0.2) is 0 Å². The lowest BCUT2D eigenvalue weighted by atomic mass is 10.7. The Labute approximate surface area is 51.0 Å². The number of aliphatic carboxylic acids is 1. The molecule has 0 aromatic carbocycles. The maximum atomic E-state index is 9.89. The molecule has 2 nitrogen and oxygen atoms in total. The zero-order valence-corrected chi connectivity index (χ0v) is 5.73. The second-order valence-corrected chi connectivity index (χ2v) is 2.96. The molecular weight excluding hydrogens is 120 g/mol. The number of carboxylic acids is 1. The lowest BCUT2D eigenvalue weighted by Crippen LogP contribution is -2.26. The summed E-state index contributed by atoms with van der Waals surface area (Å²) in [5.41, 5.74) is 0. The van der Waals surface area contributed by atoms with Crippen molar-refractivity contribution in [2.75, 3.05) is 0 Å². The van der Waals surface area contributed by atoms with E-state index in [1.165, 1.54) is 0 Å². The molecule has 0 saturated heterocycles. The first-order valence-electron chi connectivity index (χ1n) is 2.32. The van der Waals surface area contributed by atoms with Gasteiger partial charge in [-0.15, -0.1) is 0 Å². The van der Waals surface area contributed by atoms with Crippen molar-refractivity contribution in [2.24, 2.45) is 0 Å². The van der Waals surface area contributed by atoms with Gasteiger partial charge in [-0.3, -0.25) is 0 Å². The number of hydrogen-bond donors (Lipinski definition) is 0. The van der Waals surface area contributed by atoms with E-state index in [0.29, 0.717) is 9.52 Å². The van der Waals surface area contributed by atoms with E-state index in [4.69, 9.17) is 0 Å². The number of carbonyl (C=O) groups is 1. The average molecular weight is 127 g/mol. The zero-order chi connectivity index (χ0) is 6.57. The molecule has 44 valence electrons. The molecule has 0 fully saturated rings. The lowest BCUT2D eigenvalue weighted by molar-refractivity contribution is -0.298. The third kappa shape index (κ3) is 2.57. The third-order valence-electron chi connectivity index (χ3n) is 0.637. The summed E-state index contributed by atoms with van der Waals surface area (Å²) < 4.78 is 0. The molecule has 0 heterocycles. The first-order chi connectivity index (χ1) is 3.68. The summed E-state index contributed by atoms with van der Waals surface area (Å²) in [6, 6.07) is 0.840. The van der Waals surface area contributed by atoms with Crippen molar-refractivity contribution in [1.29, 1.82) is 0 Å². The van der Waals surface area contributed by atoms with Gasteiger partial charge in [0.2, 0.25) is 0 Å². The minimum absolute atomic E-state index is 0.215. The highest BCUT2D eigenvalue weighted by atomic mass is 28.2. The van der Waals surface area contributed by atoms with Crippen LogP contribution in [0.1, 0.15) is 6.92 Å². The highest BCUT2D eigenvalue weighted by Gasteiger charge is 1.90. The van der Waals surface area contributed by atoms with Crippen molar-refractivity contribution in [2.45, 2.75) is 13.0 Å². The fourth-order valence-corrected chi connectivity index (χ4v) is 0.857. The van der Waals surface area contributed by atoms with Crippen LogP contribution in [-0.2, 0) is 4.79 Å². The molecule has 0 saturated carbocycles. The molecule has 0 bridgehead atoms. The van der Waals surface area contributed by atoms with Gasteiger partial charge in [0, 0.05) is 0 Å². The van der Waals surface area contributed by atoms with Gasteiger partial charge in [0.05, 0.1) is 15.5 Å². The van der Waals surface area contributed by atoms with Crippen LogP contribution < -0.4 is 5.11 Å². The third-order valence-corrected chi connectivity index (χ3v) is 1.62. The predicted molar refractivity (Wildman–Crippen MR) is 30.4 cm³/mol. The van der Waals surface area contributed by atoms with Gasteiger partial charge in [0.25, 0.3) is 0 Å². The predicted octanol–water partition coefficient (Wildman–Crippen LogP) is -0.608. The fourth-order valence-electron chi connectivity index (χ4n) is 0.286. The molecule has 0 aliphatic rings. The minimum atomic E-state index is -1.12. The standard InChI is InChI=1S/C5H8O2Si/c1-3-8-4(2)5(6)7/h2-3H2,1H3,(H,6,7)/p-1. The minimum Gasteiger partial charge on any atom is -0.546 e. The molecule has 0 spiro atoms. The molecule has 0 rings (SSSR count). The Morgan fingerprint density at radius 3 is 2.50 bits per heavy atom. The van der Waals surface area contributed by atoms with E-state index in [-0.39, 0.29) is 5.20 Å². The number of carboxylic acid groups (broad SMARTS) is 1. The van der Waals surface area contributed by atoms with E-state index >= 15 is 0 Å². The van der Waals surface area contributed by atoms with Gasteiger partial charge in [0.1, 0.15) is 0 Å². The van der Waals surface area contributed by atoms with Crippen molar-refractivity contribution < 1.29 is 9.90 Å². The van der Waals surface area contributed by atoms with Crippen LogP contribution in [0.3, 0.4) is 0 Å². The van der Waals surface area contributed by atoms with Crippen LogP contribution in [0.25, 0.3) is 0 Å². The highest BCUT2D eigenvalue weighted by Crippen LogP contribution is 1.86. The highest BCUT2D eigenvalue weighted by molar-refractivity contribution is 6.52. The number of carbonyl (C=O) groups excluding carboxylic acids is 1. The Balaban J connectivity index is 3.49. The average Bonchev–Trinajstić information content (AvgIpc) is 1.67. The van der Waals surface area contributed by atoms with Crippen LogP contribution in [-0.4, -0.2) is 15.5 Å². The largest absolute Gasteiger partial charge is 0.546 e. The van der Waals surface area contributed by atoms with Gasteiger partial charge < -0.3 is 9.90 Å². The quantitative estimate of drug-likeness (QED) is 0.375. The van der Waals surface area contributed by atoms with Crippen LogP contribution in [0.5, 0.6) is 0 Å². The normalized spacial score (nSPS) is 8.62. The van der Waals surface area contributed by atoms with Crippen LogP contribution in [0.2, 0.25) is 6.04 Å². The molecule has 0 amide bonds. The molecule has 0 aliphatic heterocycles. The van der Waals surface area contributed by atoms with E-state index in [9.17, 15) is 9.90 Å². The second kappa shape index (κ2) is 3.43. The molecule has 0 unspecified atom stereocenters. The molecular formula is C5H7O2Si-. The maximum absolute atomic E-state index is 9.89. The molecule has 3 heteroatoms. The van der Waals surface area contributed by atoms with E-state index in [1.54, 1.807) is 0 Å². The lowest BCUT2D eigenvalue weighted by Gasteiger charge is -2.00. The van der Waals surface area contributed by atoms with Crippen LogP contribution in [0, 0.1) is 0 Å². The maximum Gasteiger partial charge on any atom is 0.0821 e. The summed E-state index contributed by atoms with van der Waals surface area (Å²) in [6.45, 7) is 5.20.